The van der Waals surface area contributed by atoms with Crippen LogP contribution >= 0.6 is 0 Å². The van der Waals surface area contributed by atoms with E-state index in [0.717, 1.165) is 12.0 Å². The predicted octanol–water partition coefficient (Wildman–Crippen LogP) is 1.34. The molecular formula is C11H18N2O2S. The molecule has 0 unspecified atom stereocenters. The minimum Gasteiger partial charge on any atom is -0.330 e. The van der Waals surface area contributed by atoms with E-state index in [1.54, 1.807) is 26.0 Å². The van der Waals surface area contributed by atoms with Crippen molar-refractivity contribution >= 4 is 15.7 Å². The second kappa shape index (κ2) is 5.32. The number of hydrogen-bond acceptors (Lipinski definition) is 3. The lowest BCUT2D eigenvalue weighted by atomic mass is 10.1. The molecule has 0 bridgehead atoms. The lowest BCUT2D eigenvalue weighted by Crippen LogP contribution is -2.22. The van der Waals surface area contributed by atoms with Gasteiger partial charge in [0.25, 0.3) is 0 Å². The van der Waals surface area contributed by atoms with Gasteiger partial charge in [0, 0.05) is 5.69 Å². The van der Waals surface area contributed by atoms with E-state index >= 15 is 0 Å². The van der Waals surface area contributed by atoms with Crippen LogP contribution in [0.5, 0.6) is 0 Å². The SMILES string of the molecule is CC(C)S(=O)(=O)Nc1ccc(CCN)cc1. The van der Waals surface area contributed by atoms with Gasteiger partial charge in [0.05, 0.1) is 5.25 Å². The Morgan fingerprint density at radius 3 is 2.25 bits per heavy atom. The number of nitrogens with two attached hydrogens (primary N) is 1. The van der Waals surface area contributed by atoms with Gasteiger partial charge in [-0.3, -0.25) is 4.72 Å². The van der Waals surface area contributed by atoms with Crippen LogP contribution in [-0.2, 0) is 16.4 Å². The van der Waals surface area contributed by atoms with Crippen LogP contribution in [0.2, 0.25) is 0 Å². The Bertz CT molecular complexity index is 424. The third-order valence-corrected chi connectivity index (χ3v) is 4.03. The molecule has 0 amide bonds. The molecular weight excluding hydrogens is 224 g/mol. The van der Waals surface area contributed by atoms with Crippen molar-refractivity contribution in [1.29, 1.82) is 0 Å². The van der Waals surface area contributed by atoms with Gasteiger partial charge in [-0.05, 0) is 44.5 Å². The number of benzene rings is 1. The van der Waals surface area contributed by atoms with Crippen LogP contribution in [0.25, 0.3) is 0 Å². The lowest BCUT2D eigenvalue weighted by Gasteiger charge is -2.10. The molecule has 5 heteroatoms. The van der Waals surface area contributed by atoms with Crippen molar-refractivity contribution in [2.75, 3.05) is 11.3 Å². The molecule has 16 heavy (non-hydrogen) atoms. The van der Waals surface area contributed by atoms with Crippen molar-refractivity contribution in [3.8, 4) is 0 Å². The summed E-state index contributed by atoms with van der Waals surface area (Å²) in [4.78, 5) is 0. The first-order valence-corrected chi connectivity index (χ1v) is 6.81. The molecule has 0 fully saturated rings. The first kappa shape index (κ1) is 13.0. The van der Waals surface area contributed by atoms with Gasteiger partial charge < -0.3 is 5.73 Å². The lowest BCUT2D eigenvalue weighted by molar-refractivity contribution is 0.593. The number of nitrogens with one attached hydrogen (secondary N) is 1. The monoisotopic (exact) mass is 242 g/mol. The molecule has 0 aromatic heterocycles. The maximum absolute atomic E-state index is 11.6. The molecule has 0 spiro atoms. The third-order valence-electron chi connectivity index (χ3n) is 2.27. The molecule has 1 aromatic rings. The van der Waals surface area contributed by atoms with Crippen molar-refractivity contribution in [3.63, 3.8) is 0 Å². The van der Waals surface area contributed by atoms with Gasteiger partial charge in [0.15, 0.2) is 0 Å². The molecule has 0 aliphatic rings. The van der Waals surface area contributed by atoms with E-state index in [1.165, 1.54) is 0 Å². The van der Waals surface area contributed by atoms with Crippen LogP contribution in [0.1, 0.15) is 19.4 Å². The summed E-state index contributed by atoms with van der Waals surface area (Å²) in [7, 11) is -3.25. The minimum absolute atomic E-state index is 0.434. The van der Waals surface area contributed by atoms with Crippen molar-refractivity contribution in [2.45, 2.75) is 25.5 Å². The second-order valence-electron chi connectivity index (χ2n) is 3.93. The standard InChI is InChI=1S/C11H18N2O2S/c1-9(2)16(14,15)13-11-5-3-10(4-6-11)7-8-12/h3-6,9,13H,7-8,12H2,1-2H3. The fourth-order valence-electron chi connectivity index (χ4n) is 1.19. The van der Waals surface area contributed by atoms with Gasteiger partial charge in [0.1, 0.15) is 0 Å². The highest BCUT2D eigenvalue weighted by molar-refractivity contribution is 7.93. The fraction of sp³-hybridized carbons (Fsp3) is 0.455. The predicted molar refractivity (Wildman–Crippen MR) is 66.9 cm³/mol. The number of hydrogen-bond donors (Lipinski definition) is 2. The molecule has 0 saturated heterocycles. The molecule has 1 aromatic carbocycles. The molecule has 90 valence electrons. The van der Waals surface area contributed by atoms with Crippen LogP contribution in [-0.4, -0.2) is 20.2 Å². The summed E-state index contributed by atoms with van der Waals surface area (Å²) in [6, 6.07) is 7.27. The van der Waals surface area contributed by atoms with Gasteiger partial charge in [-0.2, -0.15) is 0 Å². The Morgan fingerprint density at radius 2 is 1.81 bits per heavy atom. The highest BCUT2D eigenvalue weighted by Crippen LogP contribution is 2.13. The van der Waals surface area contributed by atoms with Crippen molar-refractivity contribution < 1.29 is 8.42 Å². The summed E-state index contributed by atoms with van der Waals surface area (Å²) in [5.74, 6) is 0. The summed E-state index contributed by atoms with van der Waals surface area (Å²) >= 11 is 0. The summed E-state index contributed by atoms with van der Waals surface area (Å²) in [5.41, 5.74) is 7.13. The molecule has 3 N–H and O–H groups in total. The summed E-state index contributed by atoms with van der Waals surface area (Å²) in [5, 5.41) is -0.434. The number of rotatable bonds is 5. The zero-order chi connectivity index (χ0) is 12.2. The van der Waals surface area contributed by atoms with E-state index in [4.69, 9.17) is 5.73 Å². The van der Waals surface area contributed by atoms with Gasteiger partial charge in [-0.1, -0.05) is 12.1 Å². The van der Waals surface area contributed by atoms with E-state index in [1.807, 2.05) is 12.1 Å². The Kier molecular flexibility index (Phi) is 4.32. The largest absolute Gasteiger partial charge is 0.330 e. The smallest absolute Gasteiger partial charge is 0.235 e. The van der Waals surface area contributed by atoms with Crippen molar-refractivity contribution in [1.82, 2.24) is 0 Å². The van der Waals surface area contributed by atoms with E-state index in [0.29, 0.717) is 12.2 Å². The normalized spacial score (nSPS) is 11.8. The zero-order valence-corrected chi connectivity index (χ0v) is 10.4. The maximum atomic E-state index is 11.6. The molecule has 1 rings (SSSR count). The minimum atomic E-state index is -3.25. The highest BCUT2D eigenvalue weighted by Gasteiger charge is 2.14. The highest BCUT2D eigenvalue weighted by atomic mass is 32.2. The average molecular weight is 242 g/mol. The van der Waals surface area contributed by atoms with E-state index in [2.05, 4.69) is 4.72 Å². The van der Waals surface area contributed by atoms with Crippen LogP contribution < -0.4 is 10.5 Å². The summed E-state index contributed by atoms with van der Waals surface area (Å²) < 4.78 is 25.7. The van der Waals surface area contributed by atoms with Gasteiger partial charge in [-0.15, -0.1) is 0 Å². The van der Waals surface area contributed by atoms with Crippen LogP contribution in [0, 0.1) is 0 Å². The first-order chi connectivity index (χ1) is 7.45. The van der Waals surface area contributed by atoms with E-state index in [-0.39, 0.29) is 0 Å². The molecule has 0 saturated carbocycles. The van der Waals surface area contributed by atoms with Gasteiger partial charge in [0.2, 0.25) is 10.0 Å². The first-order valence-electron chi connectivity index (χ1n) is 5.26. The second-order valence-corrected chi connectivity index (χ2v) is 6.17. The Morgan fingerprint density at radius 1 is 1.25 bits per heavy atom. The zero-order valence-electron chi connectivity index (χ0n) is 9.60. The summed E-state index contributed by atoms with van der Waals surface area (Å²) in [6.07, 6.45) is 0.803. The molecule has 0 atom stereocenters. The molecule has 4 nitrogen and oxygen atoms in total. The van der Waals surface area contributed by atoms with Gasteiger partial charge >= 0.3 is 0 Å². The number of sulfonamides is 1. The Hall–Kier alpha value is -1.07. The topological polar surface area (TPSA) is 72.2 Å². The average Bonchev–Trinajstić information content (AvgIpc) is 2.21. The third kappa shape index (κ3) is 3.50. The van der Waals surface area contributed by atoms with E-state index in [9.17, 15) is 8.42 Å². The Balaban J connectivity index is 2.76. The van der Waals surface area contributed by atoms with Crippen LogP contribution in [0.4, 0.5) is 5.69 Å². The van der Waals surface area contributed by atoms with Crippen molar-refractivity contribution in [2.24, 2.45) is 5.73 Å². The van der Waals surface area contributed by atoms with Crippen LogP contribution in [0.15, 0.2) is 24.3 Å². The molecule has 0 heterocycles. The van der Waals surface area contributed by atoms with Crippen molar-refractivity contribution in [3.05, 3.63) is 29.8 Å². The Labute approximate surface area is 96.9 Å². The fourth-order valence-corrected chi connectivity index (χ4v) is 1.89. The molecule has 0 radical (unpaired) electrons. The van der Waals surface area contributed by atoms with Crippen LogP contribution in [0.3, 0.4) is 0 Å². The summed E-state index contributed by atoms with van der Waals surface area (Å²) in [6.45, 7) is 3.88. The molecule has 0 aliphatic carbocycles. The van der Waals surface area contributed by atoms with Gasteiger partial charge in [-0.25, -0.2) is 8.42 Å². The van der Waals surface area contributed by atoms with E-state index < -0.39 is 15.3 Å². The molecule has 0 aliphatic heterocycles. The number of anilines is 1. The maximum Gasteiger partial charge on any atom is 0.235 e. The quantitative estimate of drug-likeness (QED) is 0.818.